The number of nitrogens with zero attached hydrogens (tertiary/aromatic N) is 1. The topological polar surface area (TPSA) is 111 Å². The van der Waals surface area contributed by atoms with E-state index in [4.69, 9.17) is 15.2 Å². The van der Waals surface area contributed by atoms with E-state index in [2.05, 4.69) is 5.32 Å². The molecule has 3 N–H and O–H groups in total. The van der Waals surface area contributed by atoms with Gasteiger partial charge < -0.3 is 25.4 Å². The van der Waals surface area contributed by atoms with E-state index in [0.29, 0.717) is 42.4 Å². The van der Waals surface area contributed by atoms with E-state index >= 15 is 0 Å². The predicted molar refractivity (Wildman–Crippen MR) is 109 cm³/mol. The number of rotatable bonds is 6. The van der Waals surface area contributed by atoms with E-state index in [1.807, 2.05) is 12.1 Å². The first kappa shape index (κ1) is 20.7. The van der Waals surface area contributed by atoms with Gasteiger partial charge in [0.1, 0.15) is 10.8 Å². The standard InChI is InChI=1S/C20H23N3O5S/c1-3-28-20(26)23-9-8-14-15(11-23)29-19(17(14)18(21)25)22-16(24)10-12-4-6-13(27-2)7-5-12/h4-7H,3,8-11H2,1-2H3,(H2,21,25)(H,22,24). The van der Waals surface area contributed by atoms with Gasteiger partial charge in [0, 0.05) is 11.4 Å². The number of primary amides is 1. The van der Waals surface area contributed by atoms with Crippen LogP contribution in [0.2, 0.25) is 0 Å². The molecule has 29 heavy (non-hydrogen) atoms. The molecule has 1 aliphatic heterocycles. The van der Waals surface area contributed by atoms with Crippen LogP contribution in [-0.4, -0.2) is 43.1 Å². The van der Waals surface area contributed by atoms with E-state index in [0.717, 1.165) is 16.0 Å². The molecule has 2 aromatic rings. The Morgan fingerprint density at radius 1 is 1.24 bits per heavy atom. The van der Waals surface area contributed by atoms with Crippen LogP contribution in [0, 0.1) is 0 Å². The fourth-order valence-electron chi connectivity index (χ4n) is 3.22. The van der Waals surface area contributed by atoms with Crippen LogP contribution in [0.15, 0.2) is 24.3 Å². The van der Waals surface area contributed by atoms with E-state index in [-0.39, 0.29) is 12.3 Å². The van der Waals surface area contributed by atoms with Crippen molar-refractivity contribution >= 4 is 34.2 Å². The number of amides is 3. The minimum Gasteiger partial charge on any atom is -0.497 e. The lowest BCUT2D eigenvalue weighted by Gasteiger charge is -2.26. The number of hydrogen-bond donors (Lipinski definition) is 2. The molecule has 1 aliphatic rings. The fraction of sp³-hybridized carbons (Fsp3) is 0.350. The van der Waals surface area contributed by atoms with Gasteiger partial charge in [-0.25, -0.2) is 4.79 Å². The number of benzene rings is 1. The van der Waals surface area contributed by atoms with Gasteiger partial charge >= 0.3 is 6.09 Å². The lowest BCUT2D eigenvalue weighted by Crippen LogP contribution is -2.36. The summed E-state index contributed by atoms with van der Waals surface area (Å²) in [5.41, 5.74) is 7.53. The van der Waals surface area contributed by atoms with Crippen LogP contribution in [0.5, 0.6) is 5.75 Å². The Balaban J connectivity index is 1.76. The average molecular weight is 417 g/mol. The summed E-state index contributed by atoms with van der Waals surface area (Å²) >= 11 is 1.27. The van der Waals surface area contributed by atoms with Gasteiger partial charge in [-0.05, 0) is 36.6 Å². The van der Waals surface area contributed by atoms with Gasteiger partial charge in [0.15, 0.2) is 0 Å². The molecular weight excluding hydrogens is 394 g/mol. The highest BCUT2D eigenvalue weighted by atomic mass is 32.1. The summed E-state index contributed by atoms with van der Waals surface area (Å²) in [6.45, 7) is 2.81. The molecule has 0 radical (unpaired) electrons. The zero-order chi connectivity index (χ0) is 21.0. The lowest BCUT2D eigenvalue weighted by atomic mass is 10.0. The summed E-state index contributed by atoms with van der Waals surface area (Å²) in [6, 6.07) is 7.19. The highest BCUT2D eigenvalue weighted by Gasteiger charge is 2.30. The van der Waals surface area contributed by atoms with Gasteiger partial charge in [0.2, 0.25) is 5.91 Å². The highest BCUT2D eigenvalue weighted by molar-refractivity contribution is 7.17. The van der Waals surface area contributed by atoms with Crippen molar-refractivity contribution in [3.05, 3.63) is 45.8 Å². The van der Waals surface area contributed by atoms with Crippen molar-refractivity contribution in [1.82, 2.24) is 4.90 Å². The number of fused-ring (bicyclic) bond motifs is 1. The van der Waals surface area contributed by atoms with Crippen molar-refractivity contribution < 1.29 is 23.9 Å². The molecule has 2 heterocycles. The molecule has 0 unspecified atom stereocenters. The molecule has 0 aliphatic carbocycles. The molecule has 3 amide bonds. The maximum Gasteiger partial charge on any atom is 0.410 e. The Morgan fingerprint density at radius 2 is 1.97 bits per heavy atom. The SMILES string of the molecule is CCOC(=O)N1CCc2c(sc(NC(=O)Cc3ccc(OC)cc3)c2C(N)=O)C1. The number of carbonyl (C=O) groups excluding carboxylic acids is 3. The number of carbonyl (C=O) groups is 3. The van der Waals surface area contributed by atoms with Crippen LogP contribution in [0.1, 0.15) is 33.3 Å². The molecule has 0 bridgehead atoms. The number of methoxy groups -OCH3 is 1. The minimum absolute atomic E-state index is 0.152. The van der Waals surface area contributed by atoms with Gasteiger partial charge in [-0.15, -0.1) is 11.3 Å². The quantitative estimate of drug-likeness (QED) is 0.750. The Kier molecular flexibility index (Phi) is 6.38. The van der Waals surface area contributed by atoms with Crippen molar-refractivity contribution in [3.63, 3.8) is 0 Å². The molecule has 0 spiro atoms. The number of hydrogen-bond acceptors (Lipinski definition) is 6. The Hall–Kier alpha value is -3.07. The van der Waals surface area contributed by atoms with Crippen LogP contribution in [0.25, 0.3) is 0 Å². The van der Waals surface area contributed by atoms with Crippen molar-refractivity contribution in [2.45, 2.75) is 26.3 Å². The fourth-order valence-corrected chi connectivity index (χ4v) is 4.51. The van der Waals surface area contributed by atoms with Crippen molar-refractivity contribution in [2.75, 3.05) is 25.6 Å². The molecule has 0 saturated heterocycles. The summed E-state index contributed by atoms with van der Waals surface area (Å²) in [5, 5.41) is 3.23. The molecule has 3 rings (SSSR count). The zero-order valence-corrected chi connectivity index (χ0v) is 17.1. The molecule has 154 valence electrons. The summed E-state index contributed by atoms with van der Waals surface area (Å²) in [6.07, 6.45) is 0.244. The van der Waals surface area contributed by atoms with Crippen LogP contribution >= 0.6 is 11.3 Å². The summed E-state index contributed by atoms with van der Waals surface area (Å²) in [7, 11) is 1.58. The number of nitrogens with one attached hydrogen (secondary N) is 1. The largest absolute Gasteiger partial charge is 0.497 e. The predicted octanol–water partition coefficient (Wildman–Crippen LogP) is 2.55. The smallest absolute Gasteiger partial charge is 0.410 e. The first-order valence-corrected chi connectivity index (χ1v) is 10.0. The number of nitrogens with two attached hydrogens (primary N) is 1. The second-order valence-corrected chi connectivity index (χ2v) is 7.62. The van der Waals surface area contributed by atoms with Crippen LogP contribution in [0.4, 0.5) is 9.80 Å². The van der Waals surface area contributed by atoms with E-state index in [9.17, 15) is 14.4 Å². The van der Waals surface area contributed by atoms with Crippen LogP contribution in [0.3, 0.4) is 0 Å². The maximum absolute atomic E-state index is 12.5. The van der Waals surface area contributed by atoms with Crippen molar-refractivity contribution in [2.24, 2.45) is 5.73 Å². The molecule has 1 aromatic carbocycles. The van der Waals surface area contributed by atoms with E-state index in [1.54, 1.807) is 31.1 Å². The minimum atomic E-state index is -0.591. The van der Waals surface area contributed by atoms with Crippen molar-refractivity contribution in [3.8, 4) is 5.75 Å². The van der Waals surface area contributed by atoms with Gasteiger partial charge in [-0.3, -0.25) is 9.59 Å². The number of ether oxygens (including phenoxy) is 2. The van der Waals surface area contributed by atoms with Crippen LogP contribution in [-0.2, 0) is 28.9 Å². The molecule has 8 nitrogen and oxygen atoms in total. The third kappa shape index (κ3) is 4.68. The molecule has 0 atom stereocenters. The maximum atomic E-state index is 12.5. The molecule has 0 fully saturated rings. The van der Waals surface area contributed by atoms with Gasteiger partial charge in [-0.1, -0.05) is 12.1 Å². The summed E-state index contributed by atoms with van der Waals surface area (Å²) < 4.78 is 10.2. The first-order valence-electron chi connectivity index (χ1n) is 9.21. The van der Waals surface area contributed by atoms with Crippen molar-refractivity contribution in [1.29, 1.82) is 0 Å². The highest BCUT2D eigenvalue weighted by Crippen LogP contribution is 2.37. The second kappa shape index (κ2) is 8.95. The lowest BCUT2D eigenvalue weighted by molar-refractivity contribution is -0.115. The van der Waals surface area contributed by atoms with Crippen LogP contribution < -0.4 is 15.8 Å². The van der Waals surface area contributed by atoms with E-state index in [1.165, 1.54) is 11.3 Å². The average Bonchev–Trinajstić information content (AvgIpc) is 3.05. The number of anilines is 1. The third-order valence-corrected chi connectivity index (χ3v) is 5.74. The molecule has 0 saturated carbocycles. The summed E-state index contributed by atoms with van der Waals surface area (Å²) in [4.78, 5) is 39.0. The third-order valence-electron chi connectivity index (χ3n) is 4.61. The van der Waals surface area contributed by atoms with Gasteiger partial charge in [0.25, 0.3) is 5.91 Å². The monoisotopic (exact) mass is 417 g/mol. The Labute approximate surface area is 172 Å². The van der Waals surface area contributed by atoms with Gasteiger partial charge in [0.05, 0.1) is 32.2 Å². The zero-order valence-electron chi connectivity index (χ0n) is 16.3. The molecule has 9 heteroatoms. The van der Waals surface area contributed by atoms with Gasteiger partial charge in [-0.2, -0.15) is 0 Å². The Morgan fingerprint density at radius 3 is 2.59 bits per heavy atom. The molecular formula is C20H23N3O5S. The number of thiophene rings is 1. The molecule has 1 aromatic heterocycles. The van der Waals surface area contributed by atoms with E-state index < -0.39 is 12.0 Å². The first-order chi connectivity index (χ1) is 13.9. The second-order valence-electron chi connectivity index (χ2n) is 6.52. The normalized spacial score (nSPS) is 12.8. The Bertz CT molecular complexity index is 923. The summed E-state index contributed by atoms with van der Waals surface area (Å²) in [5.74, 6) is -0.132.